The molecule has 6 nitrogen and oxygen atoms in total. The van der Waals surface area contributed by atoms with Crippen LogP contribution in [-0.2, 0) is 16.6 Å². The molecule has 3 rings (SSSR count). The highest BCUT2D eigenvalue weighted by atomic mass is 32.2. The van der Waals surface area contributed by atoms with Crippen LogP contribution in [0.4, 0.5) is 0 Å². The van der Waals surface area contributed by atoms with E-state index >= 15 is 0 Å². The van der Waals surface area contributed by atoms with Crippen LogP contribution in [0.3, 0.4) is 0 Å². The Morgan fingerprint density at radius 2 is 2.25 bits per heavy atom. The summed E-state index contributed by atoms with van der Waals surface area (Å²) in [5, 5.41) is 4.40. The number of rotatable bonds is 6. The van der Waals surface area contributed by atoms with E-state index in [-0.39, 0.29) is 6.04 Å². The van der Waals surface area contributed by atoms with Crippen LogP contribution in [0.5, 0.6) is 0 Å². The lowest BCUT2D eigenvalue weighted by molar-refractivity contribution is 0.163. The fraction of sp³-hybridized carbons (Fsp3) is 0.769. The van der Waals surface area contributed by atoms with Crippen LogP contribution in [0.1, 0.15) is 31.0 Å². The summed E-state index contributed by atoms with van der Waals surface area (Å²) < 4.78 is 26.9. The molecular formula is C13H22N4O2S. The maximum absolute atomic E-state index is 11.1. The Morgan fingerprint density at radius 3 is 2.95 bits per heavy atom. The molecule has 0 spiro atoms. The Bertz CT molecular complexity index is 565. The standard InChI is InChI=1S/C13H22N4O2S/c1-20(18,19)15-7-5-13-10-16(8-11-2-3-11)9-12-4-6-14-17(12)13/h4,6,11,13,15H,2-3,5,7-10H2,1H3. The van der Waals surface area contributed by atoms with Crippen molar-refractivity contribution in [1.29, 1.82) is 0 Å². The first-order valence-corrected chi connectivity index (χ1v) is 9.10. The molecule has 1 atom stereocenters. The van der Waals surface area contributed by atoms with Gasteiger partial charge in [0.25, 0.3) is 0 Å². The first kappa shape index (κ1) is 14.0. The average molecular weight is 298 g/mol. The summed E-state index contributed by atoms with van der Waals surface area (Å²) in [5.41, 5.74) is 1.24. The van der Waals surface area contributed by atoms with E-state index in [1.807, 2.05) is 6.20 Å². The zero-order chi connectivity index (χ0) is 14.2. The second kappa shape index (κ2) is 5.46. The molecule has 1 aliphatic carbocycles. The van der Waals surface area contributed by atoms with E-state index in [4.69, 9.17) is 0 Å². The van der Waals surface area contributed by atoms with Gasteiger partial charge in [-0.3, -0.25) is 9.58 Å². The van der Waals surface area contributed by atoms with E-state index in [1.165, 1.54) is 31.3 Å². The highest BCUT2D eigenvalue weighted by molar-refractivity contribution is 7.88. The Kier molecular flexibility index (Phi) is 3.83. The Morgan fingerprint density at radius 1 is 1.45 bits per heavy atom. The second-order valence-corrected chi connectivity index (χ2v) is 7.85. The van der Waals surface area contributed by atoms with E-state index in [0.29, 0.717) is 6.54 Å². The van der Waals surface area contributed by atoms with Gasteiger partial charge >= 0.3 is 0 Å². The molecular weight excluding hydrogens is 276 g/mol. The highest BCUT2D eigenvalue weighted by Gasteiger charge is 2.30. The van der Waals surface area contributed by atoms with Crippen LogP contribution in [-0.4, -0.2) is 49.0 Å². The second-order valence-electron chi connectivity index (χ2n) is 6.01. The Labute approximate surface area is 120 Å². The largest absolute Gasteiger partial charge is 0.295 e. The third kappa shape index (κ3) is 3.59. The van der Waals surface area contributed by atoms with Crippen molar-refractivity contribution < 1.29 is 8.42 Å². The lowest BCUT2D eigenvalue weighted by Crippen LogP contribution is -2.40. The van der Waals surface area contributed by atoms with Crippen LogP contribution in [0, 0.1) is 5.92 Å². The quantitative estimate of drug-likeness (QED) is 0.834. The van der Waals surface area contributed by atoms with E-state index in [9.17, 15) is 8.42 Å². The van der Waals surface area contributed by atoms with Gasteiger partial charge in [0.15, 0.2) is 0 Å². The van der Waals surface area contributed by atoms with Gasteiger partial charge in [0, 0.05) is 32.4 Å². The van der Waals surface area contributed by atoms with Crippen molar-refractivity contribution >= 4 is 10.0 Å². The predicted molar refractivity (Wildman–Crippen MR) is 76.7 cm³/mol. The molecule has 0 bridgehead atoms. The van der Waals surface area contributed by atoms with Crippen LogP contribution >= 0.6 is 0 Å². The lowest BCUT2D eigenvalue weighted by atomic mass is 10.1. The fourth-order valence-electron chi connectivity index (χ4n) is 2.89. The summed E-state index contributed by atoms with van der Waals surface area (Å²) in [7, 11) is -3.10. The van der Waals surface area contributed by atoms with Gasteiger partial charge in [-0.25, -0.2) is 13.1 Å². The molecule has 2 aliphatic rings. The van der Waals surface area contributed by atoms with Gasteiger partial charge in [-0.05, 0) is 31.2 Å². The monoisotopic (exact) mass is 298 g/mol. The molecule has 1 aliphatic heterocycles. The zero-order valence-corrected chi connectivity index (χ0v) is 12.6. The van der Waals surface area contributed by atoms with Crippen molar-refractivity contribution in [2.45, 2.75) is 31.8 Å². The average Bonchev–Trinajstić information content (AvgIpc) is 3.03. The van der Waals surface area contributed by atoms with Crippen molar-refractivity contribution in [2.24, 2.45) is 5.92 Å². The third-order valence-corrected chi connectivity index (χ3v) is 4.74. The van der Waals surface area contributed by atoms with Crippen molar-refractivity contribution in [1.82, 2.24) is 19.4 Å². The van der Waals surface area contributed by atoms with E-state index in [0.717, 1.165) is 25.4 Å². The number of aromatic nitrogens is 2. The first-order valence-electron chi connectivity index (χ1n) is 7.20. The minimum absolute atomic E-state index is 0.266. The summed E-state index contributed by atoms with van der Waals surface area (Å²) >= 11 is 0. The Balaban J connectivity index is 1.62. The first-order chi connectivity index (χ1) is 9.51. The maximum Gasteiger partial charge on any atom is 0.208 e. The van der Waals surface area contributed by atoms with Gasteiger partial charge in [0.1, 0.15) is 0 Å². The molecule has 0 amide bonds. The van der Waals surface area contributed by atoms with E-state index < -0.39 is 10.0 Å². The van der Waals surface area contributed by atoms with Gasteiger partial charge < -0.3 is 0 Å². The fourth-order valence-corrected chi connectivity index (χ4v) is 3.38. The van der Waals surface area contributed by atoms with Crippen molar-refractivity contribution in [3.8, 4) is 0 Å². The molecule has 2 heterocycles. The number of hydrogen-bond donors (Lipinski definition) is 1. The van der Waals surface area contributed by atoms with E-state index in [2.05, 4.69) is 25.5 Å². The molecule has 1 saturated carbocycles. The van der Waals surface area contributed by atoms with Gasteiger partial charge in [-0.1, -0.05) is 0 Å². The Hall–Kier alpha value is -0.920. The summed E-state index contributed by atoms with van der Waals surface area (Å²) in [6, 6.07) is 2.33. The number of nitrogens with zero attached hydrogens (tertiary/aromatic N) is 3. The lowest BCUT2D eigenvalue weighted by Gasteiger charge is -2.34. The summed E-state index contributed by atoms with van der Waals surface area (Å²) in [6.45, 7) is 3.57. The number of nitrogens with one attached hydrogen (secondary N) is 1. The van der Waals surface area contributed by atoms with Crippen LogP contribution < -0.4 is 4.72 Å². The minimum Gasteiger partial charge on any atom is -0.295 e. The van der Waals surface area contributed by atoms with Crippen LogP contribution in [0.25, 0.3) is 0 Å². The normalized spacial score (nSPS) is 23.8. The number of sulfonamides is 1. The highest BCUT2D eigenvalue weighted by Crippen LogP contribution is 2.32. The smallest absolute Gasteiger partial charge is 0.208 e. The zero-order valence-electron chi connectivity index (χ0n) is 11.8. The summed E-state index contributed by atoms with van der Waals surface area (Å²) in [4.78, 5) is 2.49. The minimum atomic E-state index is -3.10. The van der Waals surface area contributed by atoms with Crippen LogP contribution in [0.15, 0.2) is 12.3 Å². The summed E-state index contributed by atoms with van der Waals surface area (Å²) in [5.74, 6) is 0.874. The molecule has 0 saturated heterocycles. The maximum atomic E-state index is 11.1. The van der Waals surface area contributed by atoms with E-state index in [1.54, 1.807) is 0 Å². The third-order valence-electron chi connectivity index (χ3n) is 4.01. The SMILES string of the molecule is CS(=O)(=O)NCCC1CN(CC2CC2)Cc2ccnn21. The van der Waals surface area contributed by atoms with Gasteiger partial charge in [0.05, 0.1) is 18.0 Å². The predicted octanol–water partition coefficient (Wildman–Crippen LogP) is 0.589. The molecule has 1 fully saturated rings. The molecule has 1 aromatic rings. The molecule has 112 valence electrons. The molecule has 0 aromatic carbocycles. The van der Waals surface area contributed by atoms with Crippen molar-refractivity contribution in [3.63, 3.8) is 0 Å². The molecule has 1 N–H and O–H groups in total. The van der Waals surface area contributed by atoms with Gasteiger partial charge in [0.2, 0.25) is 10.0 Å². The van der Waals surface area contributed by atoms with Gasteiger partial charge in [-0.15, -0.1) is 0 Å². The molecule has 1 aromatic heterocycles. The van der Waals surface area contributed by atoms with Crippen molar-refractivity contribution in [2.75, 3.05) is 25.9 Å². The molecule has 1 unspecified atom stereocenters. The molecule has 0 radical (unpaired) electrons. The summed E-state index contributed by atoms with van der Waals surface area (Å²) in [6.07, 6.45) is 6.54. The number of fused-ring (bicyclic) bond motifs is 1. The molecule has 7 heteroatoms. The van der Waals surface area contributed by atoms with Crippen molar-refractivity contribution in [3.05, 3.63) is 18.0 Å². The topological polar surface area (TPSA) is 67.2 Å². The number of hydrogen-bond acceptors (Lipinski definition) is 4. The van der Waals surface area contributed by atoms with Crippen LogP contribution in [0.2, 0.25) is 0 Å². The molecule has 20 heavy (non-hydrogen) atoms. The van der Waals surface area contributed by atoms with Gasteiger partial charge in [-0.2, -0.15) is 5.10 Å².